The van der Waals surface area contributed by atoms with Crippen molar-refractivity contribution < 1.29 is 9.13 Å². The first-order chi connectivity index (χ1) is 8.28. The summed E-state index contributed by atoms with van der Waals surface area (Å²) in [5.41, 5.74) is 0.105. The third kappa shape index (κ3) is 5.69. The number of ether oxygens (including phenoxy) is 1. The summed E-state index contributed by atoms with van der Waals surface area (Å²) in [6.45, 7) is 9.92. The molecule has 4 heteroatoms. The molecule has 0 amide bonds. The molecule has 1 rings (SSSR count). The monoisotopic (exact) mass is 273 g/mol. The van der Waals surface area contributed by atoms with Gasteiger partial charge in [0.15, 0.2) is 0 Å². The molecule has 1 unspecified atom stereocenters. The van der Waals surface area contributed by atoms with Crippen molar-refractivity contribution >= 4 is 11.6 Å². The van der Waals surface area contributed by atoms with Gasteiger partial charge in [0.25, 0.3) is 0 Å². The van der Waals surface area contributed by atoms with Crippen molar-refractivity contribution in [2.75, 3.05) is 13.2 Å². The van der Waals surface area contributed by atoms with Crippen LogP contribution in [0.2, 0.25) is 5.02 Å². The van der Waals surface area contributed by atoms with E-state index in [1.165, 1.54) is 12.1 Å². The minimum absolute atomic E-state index is 0.0907. The van der Waals surface area contributed by atoms with Gasteiger partial charge in [0.2, 0.25) is 0 Å². The zero-order chi connectivity index (χ0) is 13.8. The van der Waals surface area contributed by atoms with Gasteiger partial charge >= 0.3 is 0 Å². The van der Waals surface area contributed by atoms with E-state index in [1.54, 1.807) is 6.07 Å². The standard InChI is InChI=1S/C14H21ClFNO/c1-10(8-17-14(2,3)4)9-18-11-5-6-13(16)12(15)7-11/h5-7,10,17H,8-9H2,1-4H3. The van der Waals surface area contributed by atoms with Crippen molar-refractivity contribution in [3.63, 3.8) is 0 Å². The van der Waals surface area contributed by atoms with E-state index in [1.807, 2.05) is 0 Å². The van der Waals surface area contributed by atoms with Crippen molar-refractivity contribution in [1.29, 1.82) is 0 Å². The Bertz CT molecular complexity index is 390. The Labute approximate surface area is 113 Å². The summed E-state index contributed by atoms with van der Waals surface area (Å²) in [5, 5.41) is 3.50. The molecule has 0 heterocycles. The summed E-state index contributed by atoms with van der Waals surface area (Å²) < 4.78 is 18.5. The van der Waals surface area contributed by atoms with Gasteiger partial charge in [-0.1, -0.05) is 18.5 Å². The highest BCUT2D eigenvalue weighted by atomic mass is 35.5. The van der Waals surface area contributed by atoms with Crippen LogP contribution in [0.15, 0.2) is 18.2 Å². The van der Waals surface area contributed by atoms with Gasteiger partial charge in [-0.2, -0.15) is 0 Å². The van der Waals surface area contributed by atoms with Crippen LogP contribution in [0.5, 0.6) is 5.75 Å². The van der Waals surface area contributed by atoms with Crippen molar-refractivity contribution in [1.82, 2.24) is 5.32 Å². The fourth-order valence-electron chi connectivity index (χ4n) is 1.34. The van der Waals surface area contributed by atoms with Crippen molar-refractivity contribution in [2.24, 2.45) is 5.92 Å². The average molecular weight is 274 g/mol. The van der Waals surface area contributed by atoms with Gasteiger partial charge in [-0.25, -0.2) is 4.39 Å². The highest BCUT2D eigenvalue weighted by Crippen LogP contribution is 2.21. The van der Waals surface area contributed by atoms with Crippen molar-refractivity contribution in [2.45, 2.75) is 33.2 Å². The second-order valence-electron chi connectivity index (χ2n) is 5.62. The maximum atomic E-state index is 13.0. The largest absolute Gasteiger partial charge is 0.493 e. The van der Waals surface area contributed by atoms with Crippen LogP contribution in [0.3, 0.4) is 0 Å². The van der Waals surface area contributed by atoms with Crippen molar-refractivity contribution in [3.05, 3.63) is 29.0 Å². The third-order valence-electron chi connectivity index (χ3n) is 2.41. The molecule has 0 aliphatic rings. The van der Waals surface area contributed by atoms with Gasteiger partial charge in [-0.05, 0) is 32.9 Å². The smallest absolute Gasteiger partial charge is 0.142 e. The Balaban J connectivity index is 2.38. The Hall–Kier alpha value is -0.800. The lowest BCUT2D eigenvalue weighted by Crippen LogP contribution is -2.39. The molecular formula is C14H21ClFNO. The van der Waals surface area contributed by atoms with Gasteiger partial charge in [-0.15, -0.1) is 0 Å². The molecule has 1 aromatic carbocycles. The number of hydrogen-bond donors (Lipinski definition) is 1. The number of rotatable bonds is 5. The average Bonchev–Trinajstić information content (AvgIpc) is 2.27. The minimum atomic E-state index is -0.425. The molecule has 0 aliphatic carbocycles. The second kappa shape index (κ2) is 6.39. The second-order valence-corrected chi connectivity index (χ2v) is 6.03. The number of hydrogen-bond acceptors (Lipinski definition) is 2. The molecule has 0 aliphatic heterocycles. The van der Waals surface area contributed by atoms with Crippen LogP contribution in [-0.4, -0.2) is 18.7 Å². The molecule has 102 valence electrons. The fourth-order valence-corrected chi connectivity index (χ4v) is 1.51. The first kappa shape index (κ1) is 15.3. The summed E-state index contributed by atoms with van der Waals surface area (Å²) in [6, 6.07) is 4.40. The first-order valence-corrected chi connectivity index (χ1v) is 6.48. The summed E-state index contributed by atoms with van der Waals surface area (Å²) in [4.78, 5) is 0. The van der Waals surface area contributed by atoms with Gasteiger partial charge in [0.1, 0.15) is 11.6 Å². The molecule has 1 aromatic rings. The SMILES string of the molecule is CC(CNC(C)(C)C)COc1ccc(F)c(Cl)c1. The van der Waals surface area contributed by atoms with Gasteiger partial charge in [-0.3, -0.25) is 0 Å². The van der Waals surface area contributed by atoms with Crippen LogP contribution in [0.4, 0.5) is 4.39 Å². The fraction of sp³-hybridized carbons (Fsp3) is 0.571. The maximum Gasteiger partial charge on any atom is 0.142 e. The normalized spacial score (nSPS) is 13.4. The van der Waals surface area contributed by atoms with Crippen LogP contribution < -0.4 is 10.1 Å². The molecular weight excluding hydrogens is 253 g/mol. The van der Waals surface area contributed by atoms with E-state index in [0.717, 1.165) is 6.54 Å². The molecule has 0 saturated heterocycles. The molecule has 0 fully saturated rings. The predicted molar refractivity (Wildman–Crippen MR) is 73.8 cm³/mol. The summed E-state index contributed by atoms with van der Waals surface area (Å²) in [7, 11) is 0. The first-order valence-electron chi connectivity index (χ1n) is 6.11. The van der Waals surface area contributed by atoms with E-state index in [9.17, 15) is 4.39 Å². The topological polar surface area (TPSA) is 21.3 Å². The predicted octanol–water partition coefficient (Wildman–Crippen LogP) is 3.88. The van der Waals surface area contributed by atoms with Crippen LogP contribution in [0, 0.1) is 11.7 Å². The minimum Gasteiger partial charge on any atom is -0.493 e. The molecule has 0 saturated carbocycles. The Morgan fingerprint density at radius 1 is 1.39 bits per heavy atom. The van der Waals surface area contributed by atoms with Crippen LogP contribution in [-0.2, 0) is 0 Å². The van der Waals surface area contributed by atoms with Crippen LogP contribution in [0.25, 0.3) is 0 Å². The third-order valence-corrected chi connectivity index (χ3v) is 2.70. The molecule has 0 bridgehead atoms. The summed E-state index contributed by atoms with van der Waals surface area (Å²) in [5.74, 6) is 0.545. The molecule has 0 radical (unpaired) electrons. The van der Waals surface area contributed by atoms with Gasteiger partial charge in [0, 0.05) is 24.1 Å². The zero-order valence-electron chi connectivity index (χ0n) is 11.4. The Kier molecular flexibility index (Phi) is 5.42. The highest BCUT2D eigenvalue weighted by Gasteiger charge is 2.11. The van der Waals surface area contributed by atoms with Crippen LogP contribution >= 0.6 is 11.6 Å². The number of benzene rings is 1. The lowest BCUT2D eigenvalue weighted by atomic mass is 10.1. The molecule has 18 heavy (non-hydrogen) atoms. The number of nitrogens with one attached hydrogen (secondary N) is 1. The Morgan fingerprint density at radius 2 is 2.06 bits per heavy atom. The van der Waals surface area contributed by atoms with E-state index in [-0.39, 0.29) is 10.6 Å². The van der Waals surface area contributed by atoms with Gasteiger partial charge < -0.3 is 10.1 Å². The quantitative estimate of drug-likeness (QED) is 0.879. The molecule has 0 spiro atoms. The lowest BCUT2D eigenvalue weighted by molar-refractivity contribution is 0.244. The molecule has 0 aromatic heterocycles. The molecule has 1 N–H and O–H groups in total. The summed E-state index contributed by atoms with van der Waals surface area (Å²) in [6.07, 6.45) is 0. The Morgan fingerprint density at radius 3 is 2.61 bits per heavy atom. The van der Waals surface area contributed by atoms with Crippen LogP contribution in [0.1, 0.15) is 27.7 Å². The van der Waals surface area contributed by atoms with E-state index < -0.39 is 5.82 Å². The van der Waals surface area contributed by atoms with E-state index >= 15 is 0 Å². The van der Waals surface area contributed by atoms with Crippen molar-refractivity contribution in [3.8, 4) is 5.75 Å². The lowest BCUT2D eigenvalue weighted by Gasteiger charge is -2.23. The van der Waals surface area contributed by atoms with E-state index in [0.29, 0.717) is 18.3 Å². The molecule has 2 nitrogen and oxygen atoms in total. The maximum absolute atomic E-state index is 13.0. The van der Waals surface area contributed by atoms with E-state index in [2.05, 4.69) is 33.0 Å². The van der Waals surface area contributed by atoms with Gasteiger partial charge in [0.05, 0.1) is 11.6 Å². The number of halogens is 2. The summed E-state index contributed by atoms with van der Waals surface area (Å²) >= 11 is 5.68. The zero-order valence-corrected chi connectivity index (χ0v) is 12.1. The van der Waals surface area contributed by atoms with E-state index in [4.69, 9.17) is 16.3 Å². The highest BCUT2D eigenvalue weighted by molar-refractivity contribution is 6.30. The molecule has 1 atom stereocenters.